The minimum absolute atomic E-state index is 0.0308. The van der Waals surface area contributed by atoms with E-state index in [2.05, 4.69) is 10.4 Å². The van der Waals surface area contributed by atoms with Gasteiger partial charge in [0.2, 0.25) is 0 Å². The lowest BCUT2D eigenvalue weighted by molar-refractivity contribution is 0.0743. The standard InChI is InChI=1S/C26H24N4O4/c1-29-14-19(12-27-29)28-22-9-5-8-18-13-30(15-21(18)22)26(33)25-23(32)10-20(31)11-24(25)34-16-17-6-3-2-4-7-17/h2-12,14,28,31-32H,13,15-16H2,1H3. The molecule has 0 spiro atoms. The minimum Gasteiger partial charge on any atom is -0.508 e. The van der Waals surface area contributed by atoms with Crippen molar-refractivity contribution in [1.82, 2.24) is 14.7 Å². The molecule has 172 valence electrons. The molecular weight excluding hydrogens is 432 g/mol. The van der Waals surface area contributed by atoms with Crippen molar-refractivity contribution in [1.29, 1.82) is 0 Å². The van der Waals surface area contributed by atoms with Gasteiger partial charge in [-0.25, -0.2) is 0 Å². The molecule has 1 aliphatic rings. The highest BCUT2D eigenvalue weighted by Crippen LogP contribution is 2.38. The number of hydrogen-bond donors (Lipinski definition) is 3. The van der Waals surface area contributed by atoms with Gasteiger partial charge in [0.15, 0.2) is 0 Å². The van der Waals surface area contributed by atoms with Crippen LogP contribution in [0.2, 0.25) is 0 Å². The number of phenolic OH excluding ortho intramolecular Hbond substituents is 2. The number of benzene rings is 3. The molecule has 0 saturated carbocycles. The number of nitrogens with one attached hydrogen (secondary N) is 1. The summed E-state index contributed by atoms with van der Waals surface area (Å²) in [6, 6.07) is 17.9. The van der Waals surface area contributed by atoms with E-state index in [0.717, 1.165) is 34.1 Å². The third-order valence-corrected chi connectivity index (χ3v) is 5.77. The molecule has 0 aliphatic carbocycles. The number of amides is 1. The SMILES string of the molecule is Cn1cc(Nc2cccc3c2CN(C(=O)c2c(O)cc(O)cc2OCc2ccccc2)C3)cn1. The number of nitrogens with zero attached hydrogens (tertiary/aromatic N) is 3. The van der Waals surface area contributed by atoms with Crippen molar-refractivity contribution in [2.75, 3.05) is 5.32 Å². The summed E-state index contributed by atoms with van der Waals surface area (Å²) in [5, 5.41) is 28.1. The predicted molar refractivity (Wildman–Crippen MR) is 127 cm³/mol. The number of phenols is 2. The van der Waals surface area contributed by atoms with Crippen LogP contribution in [0.4, 0.5) is 11.4 Å². The normalized spacial score (nSPS) is 12.4. The summed E-state index contributed by atoms with van der Waals surface area (Å²) in [6.45, 7) is 0.967. The van der Waals surface area contributed by atoms with Gasteiger partial charge in [0, 0.05) is 44.2 Å². The molecule has 0 atom stereocenters. The molecule has 1 aromatic heterocycles. The molecular formula is C26H24N4O4. The summed E-state index contributed by atoms with van der Waals surface area (Å²) in [4.78, 5) is 15.2. The van der Waals surface area contributed by atoms with Gasteiger partial charge in [0.25, 0.3) is 5.91 Å². The quantitative estimate of drug-likeness (QED) is 0.400. The third kappa shape index (κ3) is 4.25. The third-order valence-electron chi connectivity index (χ3n) is 5.77. The van der Waals surface area contributed by atoms with Crippen LogP contribution in [-0.4, -0.2) is 30.8 Å². The second kappa shape index (κ2) is 8.82. The van der Waals surface area contributed by atoms with E-state index in [9.17, 15) is 15.0 Å². The van der Waals surface area contributed by atoms with E-state index in [4.69, 9.17) is 4.74 Å². The molecule has 0 fully saturated rings. The summed E-state index contributed by atoms with van der Waals surface area (Å²) in [5.41, 5.74) is 4.72. The second-order valence-electron chi connectivity index (χ2n) is 8.24. The van der Waals surface area contributed by atoms with Crippen molar-refractivity contribution in [3.63, 3.8) is 0 Å². The number of hydrogen-bond acceptors (Lipinski definition) is 6. The zero-order valence-electron chi connectivity index (χ0n) is 18.6. The van der Waals surface area contributed by atoms with E-state index in [1.54, 1.807) is 15.8 Å². The number of ether oxygens (including phenoxy) is 1. The van der Waals surface area contributed by atoms with Gasteiger partial charge in [0.05, 0.1) is 11.9 Å². The number of rotatable bonds is 6. The molecule has 2 heterocycles. The average molecular weight is 457 g/mol. The lowest BCUT2D eigenvalue weighted by atomic mass is 10.1. The van der Waals surface area contributed by atoms with E-state index >= 15 is 0 Å². The number of anilines is 2. The first-order chi connectivity index (χ1) is 16.5. The van der Waals surface area contributed by atoms with Crippen molar-refractivity contribution in [3.05, 3.63) is 95.3 Å². The van der Waals surface area contributed by atoms with Gasteiger partial charge in [-0.15, -0.1) is 0 Å². The van der Waals surface area contributed by atoms with Gasteiger partial charge >= 0.3 is 0 Å². The number of aromatic nitrogens is 2. The van der Waals surface area contributed by atoms with E-state index in [1.165, 1.54) is 6.07 Å². The summed E-state index contributed by atoms with van der Waals surface area (Å²) >= 11 is 0. The van der Waals surface area contributed by atoms with Crippen LogP contribution in [0, 0.1) is 0 Å². The van der Waals surface area contributed by atoms with Crippen LogP contribution in [0.25, 0.3) is 0 Å². The summed E-state index contributed by atoms with van der Waals surface area (Å²) in [6.07, 6.45) is 3.62. The van der Waals surface area contributed by atoms with Crippen LogP contribution in [0.15, 0.2) is 73.1 Å². The first kappa shape index (κ1) is 21.4. The van der Waals surface area contributed by atoms with Gasteiger partial charge in [-0.2, -0.15) is 5.10 Å². The monoisotopic (exact) mass is 456 g/mol. The minimum atomic E-state index is -0.371. The Morgan fingerprint density at radius 3 is 2.68 bits per heavy atom. The van der Waals surface area contributed by atoms with E-state index in [1.807, 2.05) is 61.8 Å². The molecule has 4 aromatic rings. The Balaban J connectivity index is 1.39. The Labute approximate surface area is 196 Å². The molecule has 0 saturated heterocycles. The largest absolute Gasteiger partial charge is 0.508 e. The molecule has 8 heteroatoms. The number of carbonyl (C=O) groups is 1. The number of aryl methyl sites for hydroxylation is 1. The van der Waals surface area contributed by atoms with Crippen LogP contribution >= 0.6 is 0 Å². The van der Waals surface area contributed by atoms with Crippen molar-refractivity contribution in [2.24, 2.45) is 7.05 Å². The van der Waals surface area contributed by atoms with Gasteiger partial charge in [0.1, 0.15) is 29.4 Å². The van der Waals surface area contributed by atoms with Crippen LogP contribution < -0.4 is 10.1 Å². The highest BCUT2D eigenvalue weighted by molar-refractivity contribution is 6.00. The maximum absolute atomic E-state index is 13.5. The Hall–Kier alpha value is -4.46. The molecule has 0 bridgehead atoms. The van der Waals surface area contributed by atoms with Gasteiger partial charge in [-0.05, 0) is 22.8 Å². The van der Waals surface area contributed by atoms with Crippen molar-refractivity contribution in [3.8, 4) is 17.2 Å². The second-order valence-corrected chi connectivity index (χ2v) is 8.24. The fourth-order valence-electron chi connectivity index (χ4n) is 4.13. The highest BCUT2D eigenvalue weighted by atomic mass is 16.5. The first-order valence-corrected chi connectivity index (χ1v) is 10.9. The summed E-state index contributed by atoms with van der Waals surface area (Å²) in [5.74, 6) is -0.734. The number of aromatic hydroxyl groups is 2. The van der Waals surface area contributed by atoms with Crippen molar-refractivity contribution < 1.29 is 19.7 Å². The molecule has 5 rings (SSSR count). The topological polar surface area (TPSA) is 99.9 Å². The van der Waals surface area contributed by atoms with E-state index in [-0.39, 0.29) is 35.3 Å². The smallest absolute Gasteiger partial charge is 0.262 e. The Kier molecular flexibility index (Phi) is 5.55. The molecule has 0 unspecified atom stereocenters. The summed E-state index contributed by atoms with van der Waals surface area (Å²) < 4.78 is 7.57. The molecule has 0 radical (unpaired) electrons. The lowest BCUT2D eigenvalue weighted by Crippen LogP contribution is -2.26. The number of fused-ring (bicyclic) bond motifs is 1. The summed E-state index contributed by atoms with van der Waals surface area (Å²) in [7, 11) is 1.85. The van der Waals surface area contributed by atoms with Crippen LogP contribution in [0.5, 0.6) is 17.2 Å². The Morgan fingerprint density at radius 1 is 1.09 bits per heavy atom. The van der Waals surface area contributed by atoms with E-state index < -0.39 is 0 Å². The molecule has 1 aliphatic heterocycles. The average Bonchev–Trinajstić information content (AvgIpc) is 3.44. The molecule has 3 aromatic carbocycles. The Morgan fingerprint density at radius 2 is 1.91 bits per heavy atom. The molecule has 3 N–H and O–H groups in total. The zero-order chi connectivity index (χ0) is 23.7. The first-order valence-electron chi connectivity index (χ1n) is 10.9. The van der Waals surface area contributed by atoms with Crippen LogP contribution in [0.1, 0.15) is 27.0 Å². The fraction of sp³-hybridized carbons (Fsp3) is 0.154. The zero-order valence-corrected chi connectivity index (χ0v) is 18.6. The van der Waals surface area contributed by atoms with Crippen molar-refractivity contribution >= 4 is 17.3 Å². The molecule has 1 amide bonds. The van der Waals surface area contributed by atoms with Crippen LogP contribution in [0.3, 0.4) is 0 Å². The van der Waals surface area contributed by atoms with Crippen molar-refractivity contribution in [2.45, 2.75) is 19.7 Å². The van der Waals surface area contributed by atoms with Gasteiger partial charge in [-0.3, -0.25) is 9.48 Å². The maximum Gasteiger partial charge on any atom is 0.262 e. The molecule has 34 heavy (non-hydrogen) atoms. The fourth-order valence-corrected chi connectivity index (χ4v) is 4.13. The highest BCUT2D eigenvalue weighted by Gasteiger charge is 2.30. The number of carbonyl (C=O) groups excluding carboxylic acids is 1. The van der Waals surface area contributed by atoms with Gasteiger partial charge in [-0.1, -0.05) is 42.5 Å². The molecule has 8 nitrogen and oxygen atoms in total. The lowest BCUT2D eigenvalue weighted by Gasteiger charge is -2.19. The maximum atomic E-state index is 13.5. The van der Waals surface area contributed by atoms with Crippen LogP contribution in [-0.2, 0) is 26.7 Å². The Bertz CT molecular complexity index is 1350. The van der Waals surface area contributed by atoms with E-state index in [0.29, 0.717) is 13.1 Å². The van der Waals surface area contributed by atoms with Gasteiger partial charge < -0.3 is 25.2 Å². The predicted octanol–water partition coefficient (Wildman–Crippen LogP) is 4.31.